The molecule has 4 nitrogen and oxygen atoms in total. The third kappa shape index (κ3) is 4.08. The molecule has 0 aliphatic heterocycles. The van der Waals surface area contributed by atoms with Crippen LogP contribution in [-0.2, 0) is 24.1 Å². The third-order valence-corrected chi connectivity index (χ3v) is 2.53. The molecule has 0 unspecified atom stereocenters. The standard InChI is InChI=1S/C7H7NO3.W/c1-6(8(10)11)4-3-5-7(2)9;/h3-4H,1H2,2H3;/b4-3-;. The summed E-state index contributed by atoms with van der Waals surface area (Å²) < 4.78 is 0.554. The van der Waals surface area contributed by atoms with Gasteiger partial charge in [-0.15, -0.1) is 0 Å². The van der Waals surface area contributed by atoms with Crippen LogP contribution in [0.4, 0.5) is 0 Å². The van der Waals surface area contributed by atoms with Gasteiger partial charge in [0.05, 0.1) is 0 Å². The summed E-state index contributed by atoms with van der Waals surface area (Å²) in [7, 11) is 0. The first-order chi connectivity index (χ1) is 5.45. The summed E-state index contributed by atoms with van der Waals surface area (Å²) in [4.78, 5) is 20.1. The van der Waals surface area contributed by atoms with E-state index in [0.717, 1.165) is 19.4 Å². The molecule has 0 atom stereocenters. The van der Waals surface area contributed by atoms with E-state index in [9.17, 15) is 14.9 Å². The van der Waals surface area contributed by atoms with Crippen molar-refractivity contribution >= 4 is 9.68 Å². The van der Waals surface area contributed by atoms with Crippen LogP contribution in [0.25, 0.3) is 0 Å². The minimum atomic E-state index is -0.598. The second-order valence-electron chi connectivity index (χ2n) is 2.00. The van der Waals surface area contributed by atoms with Crippen molar-refractivity contribution in [1.29, 1.82) is 0 Å². The zero-order valence-electron chi connectivity index (χ0n) is 6.44. The van der Waals surface area contributed by atoms with Crippen molar-refractivity contribution in [2.45, 2.75) is 6.92 Å². The van der Waals surface area contributed by atoms with Crippen LogP contribution in [0.1, 0.15) is 6.92 Å². The second kappa shape index (κ2) is 4.88. The maximum absolute atomic E-state index is 10.7. The summed E-state index contributed by atoms with van der Waals surface area (Å²) in [5, 5.41) is 10.0. The molecule has 0 aliphatic rings. The van der Waals surface area contributed by atoms with Crippen molar-refractivity contribution in [2.24, 2.45) is 0 Å². The normalized spacial score (nSPS) is 9.75. The molecule has 0 amide bonds. The third-order valence-electron chi connectivity index (χ3n) is 1.01. The van der Waals surface area contributed by atoms with E-state index in [0.29, 0.717) is 3.90 Å². The van der Waals surface area contributed by atoms with Crippen molar-refractivity contribution in [3.05, 3.63) is 34.5 Å². The first-order valence-corrected chi connectivity index (χ1v) is 4.48. The summed E-state index contributed by atoms with van der Waals surface area (Å²) in [5.41, 5.74) is -0.213. The Labute approximate surface area is 80.5 Å². The molecule has 0 aromatic heterocycles. The molecule has 0 fully saturated rings. The van der Waals surface area contributed by atoms with Gasteiger partial charge in [0.1, 0.15) is 0 Å². The molecule has 0 saturated carbocycles. The predicted octanol–water partition coefficient (Wildman–Crippen LogP) is 0.641. The summed E-state index contributed by atoms with van der Waals surface area (Å²) in [6.07, 6.45) is 2.65. The van der Waals surface area contributed by atoms with E-state index in [4.69, 9.17) is 0 Å². The Bertz CT molecular complexity index is 252. The molecule has 12 heavy (non-hydrogen) atoms. The van der Waals surface area contributed by atoms with Crippen molar-refractivity contribution < 1.29 is 29.1 Å². The maximum atomic E-state index is 10.7. The van der Waals surface area contributed by atoms with Crippen LogP contribution in [0.3, 0.4) is 0 Å². The quantitative estimate of drug-likeness (QED) is 0.430. The van der Waals surface area contributed by atoms with E-state index in [2.05, 4.69) is 6.58 Å². The van der Waals surface area contributed by atoms with Gasteiger partial charge in [-0.1, -0.05) is 0 Å². The summed E-state index contributed by atoms with van der Waals surface area (Å²) in [6.45, 7) is 4.60. The zero-order chi connectivity index (χ0) is 9.72. The van der Waals surface area contributed by atoms with Gasteiger partial charge >= 0.3 is 80.2 Å². The molecular weight excluding hydrogens is 330 g/mol. The van der Waals surface area contributed by atoms with Gasteiger partial charge in [0, 0.05) is 0 Å². The van der Waals surface area contributed by atoms with Gasteiger partial charge < -0.3 is 0 Å². The average Bonchev–Trinajstić information content (AvgIpc) is 1.98. The summed E-state index contributed by atoms with van der Waals surface area (Å²) >= 11 is 0.991. The van der Waals surface area contributed by atoms with E-state index >= 15 is 0 Å². The van der Waals surface area contributed by atoms with Crippen LogP contribution >= 0.6 is 0 Å². The molecule has 0 aliphatic carbocycles. The van der Waals surface area contributed by atoms with E-state index in [1.807, 2.05) is 0 Å². The van der Waals surface area contributed by atoms with E-state index in [1.54, 1.807) is 0 Å². The molecule has 0 saturated heterocycles. The topological polar surface area (TPSA) is 60.2 Å². The number of nitrogens with zero attached hydrogens (tertiary/aromatic N) is 1. The number of rotatable bonds is 4. The van der Waals surface area contributed by atoms with Crippen molar-refractivity contribution in [2.75, 3.05) is 0 Å². The molecule has 0 aromatic carbocycles. The molecule has 0 rings (SSSR count). The fraction of sp³-hybridized carbons (Fsp3) is 0.143. The number of carbonyl (C=O) groups excluding carboxylic acids is 1. The Hall–Kier alpha value is -0.892. The van der Waals surface area contributed by atoms with E-state index in [1.165, 1.54) is 19.1 Å². The number of carbonyl (C=O) groups is 1. The minimum absolute atomic E-state index is 0.0719. The molecule has 0 aromatic rings. The van der Waals surface area contributed by atoms with E-state index in [-0.39, 0.29) is 11.5 Å². The number of allylic oxidation sites excluding steroid dienone is 2. The Kier molecular flexibility index (Phi) is 4.52. The number of Topliss-reactive ketones (excluding diaryl/α,β-unsaturated/α-hetero) is 1. The van der Waals surface area contributed by atoms with Crippen LogP contribution in [0.15, 0.2) is 24.4 Å². The van der Waals surface area contributed by atoms with Crippen LogP contribution in [0.5, 0.6) is 0 Å². The molecule has 0 bridgehead atoms. The fourth-order valence-corrected chi connectivity index (χ4v) is 0.595. The van der Waals surface area contributed by atoms with Gasteiger partial charge in [-0.3, -0.25) is 0 Å². The van der Waals surface area contributed by atoms with Gasteiger partial charge in [-0.2, -0.15) is 0 Å². The number of nitro groups is 1. The predicted molar refractivity (Wildman–Crippen MR) is 41.0 cm³/mol. The average molecular weight is 337 g/mol. The molecule has 5 heteroatoms. The van der Waals surface area contributed by atoms with Crippen molar-refractivity contribution in [3.8, 4) is 0 Å². The van der Waals surface area contributed by atoms with Crippen LogP contribution in [0.2, 0.25) is 0 Å². The van der Waals surface area contributed by atoms with Gasteiger partial charge in [0.25, 0.3) is 0 Å². The summed E-state index contributed by atoms with van der Waals surface area (Å²) in [6, 6.07) is 0. The number of hydrogen-bond donors (Lipinski definition) is 0. The zero-order valence-corrected chi connectivity index (χ0v) is 9.38. The fourth-order valence-electron chi connectivity index (χ4n) is 0.350. The first kappa shape index (κ1) is 11.1. The second-order valence-corrected chi connectivity index (χ2v) is 3.58. The van der Waals surface area contributed by atoms with Crippen molar-refractivity contribution in [1.82, 2.24) is 0 Å². The molecule has 0 spiro atoms. The van der Waals surface area contributed by atoms with Gasteiger partial charge in [-0.25, -0.2) is 0 Å². The Morgan fingerprint density at radius 3 is 2.42 bits per heavy atom. The van der Waals surface area contributed by atoms with Gasteiger partial charge in [-0.05, 0) is 0 Å². The Morgan fingerprint density at radius 2 is 2.08 bits per heavy atom. The van der Waals surface area contributed by atoms with E-state index < -0.39 is 4.92 Å². The Balaban J connectivity index is 4.26. The molecule has 0 radical (unpaired) electrons. The van der Waals surface area contributed by atoms with Crippen LogP contribution in [-0.4, -0.2) is 14.6 Å². The SMILES string of the molecule is C=C(/C=C\[C](=[W])C(C)=O)[N+](=O)[O-]. The molecule has 64 valence electrons. The van der Waals surface area contributed by atoms with Gasteiger partial charge in [0.15, 0.2) is 0 Å². The Morgan fingerprint density at radius 1 is 1.58 bits per heavy atom. The number of ketones is 1. The van der Waals surface area contributed by atoms with Crippen molar-refractivity contribution in [3.63, 3.8) is 0 Å². The molecular formula is C7H7NO3W. The molecule has 0 N–H and O–H groups in total. The van der Waals surface area contributed by atoms with Crippen LogP contribution < -0.4 is 0 Å². The summed E-state index contributed by atoms with van der Waals surface area (Å²) in [5.74, 6) is -0.0719. The molecule has 0 heterocycles. The first-order valence-electron chi connectivity index (χ1n) is 3.01. The van der Waals surface area contributed by atoms with Crippen LogP contribution in [0, 0.1) is 10.1 Å². The number of hydrogen-bond acceptors (Lipinski definition) is 3. The van der Waals surface area contributed by atoms with Gasteiger partial charge in [0.2, 0.25) is 0 Å². The monoisotopic (exact) mass is 337 g/mol.